The first-order chi connectivity index (χ1) is 13.7. The number of nitrogens with one attached hydrogen (secondary N) is 1. The van der Waals surface area contributed by atoms with Crippen LogP contribution in [0.4, 0.5) is 11.4 Å². The third kappa shape index (κ3) is 4.55. The summed E-state index contributed by atoms with van der Waals surface area (Å²) in [7, 11) is -3.37. The number of sulfonamides is 1. The molecular formula is C20H19N3O5S. The van der Waals surface area contributed by atoms with E-state index < -0.39 is 28.0 Å². The van der Waals surface area contributed by atoms with Crippen LogP contribution in [0.5, 0.6) is 0 Å². The van der Waals surface area contributed by atoms with E-state index in [4.69, 9.17) is 10.00 Å². The second-order valence-corrected chi connectivity index (χ2v) is 8.56. The molecule has 0 aromatic heterocycles. The van der Waals surface area contributed by atoms with Crippen LogP contribution in [-0.2, 0) is 26.0 Å². The summed E-state index contributed by atoms with van der Waals surface area (Å²) in [5.74, 6) is -1.21. The number of carbonyl (C=O) groups is 2. The summed E-state index contributed by atoms with van der Waals surface area (Å²) < 4.78 is 30.1. The van der Waals surface area contributed by atoms with Gasteiger partial charge in [0.1, 0.15) is 0 Å². The van der Waals surface area contributed by atoms with Gasteiger partial charge in [0.25, 0.3) is 5.91 Å². The fraction of sp³-hybridized carbons (Fsp3) is 0.250. The third-order valence-electron chi connectivity index (χ3n) is 4.48. The first-order valence-corrected chi connectivity index (χ1v) is 10.7. The van der Waals surface area contributed by atoms with Crippen LogP contribution in [0.15, 0.2) is 42.5 Å². The summed E-state index contributed by atoms with van der Waals surface area (Å²) in [5, 5.41) is 11.5. The van der Waals surface area contributed by atoms with E-state index in [0.29, 0.717) is 29.9 Å². The molecule has 1 aliphatic heterocycles. The van der Waals surface area contributed by atoms with E-state index in [1.807, 2.05) is 6.07 Å². The highest BCUT2D eigenvalue weighted by Crippen LogP contribution is 2.31. The van der Waals surface area contributed by atoms with Crippen molar-refractivity contribution in [2.24, 2.45) is 0 Å². The van der Waals surface area contributed by atoms with Crippen LogP contribution in [0.3, 0.4) is 0 Å². The number of ether oxygens (including phenoxy) is 1. The predicted molar refractivity (Wildman–Crippen MR) is 107 cm³/mol. The summed E-state index contributed by atoms with van der Waals surface area (Å²) in [6.07, 6.45) is 0.570. The van der Waals surface area contributed by atoms with E-state index in [1.165, 1.54) is 23.4 Å². The van der Waals surface area contributed by atoms with Crippen molar-refractivity contribution in [2.75, 3.05) is 22.4 Å². The Labute approximate surface area is 168 Å². The number of nitrogens with zero attached hydrogens (tertiary/aromatic N) is 2. The lowest BCUT2D eigenvalue weighted by atomic mass is 10.1. The Kier molecular flexibility index (Phi) is 5.57. The number of benzene rings is 2. The predicted octanol–water partition coefficient (Wildman–Crippen LogP) is 2.06. The van der Waals surface area contributed by atoms with E-state index in [-0.39, 0.29) is 5.56 Å². The molecule has 0 saturated carbocycles. The summed E-state index contributed by atoms with van der Waals surface area (Å²) in [6, 6.07) is 13.0. The van der Waals surface area contributed by atoms with E-state index in [0.717, 1.165) is 11.8 Å². The zero-order valence-electron chi connectivity index (χ0n) is 15.9. The van der Waals surface area contributed by atoms with Crippen molar-refractivity contribution >= 4 is 33.3 Å². The molecule has 8 nitrogen and oxygen atoms in total. The molecule has 1 N–H and O–H groups in total. The van der Waals surface area contributed by atoms with Crippen LogP contribution in [0.1, 0.15) is 28.4 Å². The van der Waals surface area contributed by atoms with Crippen LogP contribution in [0.25, 0.3) is 0 Å². The second kappa shape index (κ2) is 7.93. The summed E-state index contributed by atoms with van der Waals surface area (Å²) in [6.45, 7) is 1.77. The maximum atomic E-state index is 12.4. The summed E-state index contributed by atoms with van der Waals surface area (Å²) >= 11 is 0. The zero-order valence-corrected chi connectivity index (χ0v) is 16.7. The minimum atomic E-state index is -3.37. The number of amides is 1. The SMILES string of the molecule is C[C@H](OC(=O)c1ccc2c(c1)CCN2S(C)(=O)=O)C(=O)Nc1cccc(C#N)c1. The van der Waals surface area contributed by atoms with Crippen molar-refractivity contribution < 1.29 is 22.7 Å². The molecule has 1 heterocycles. The molecule has 0 bridgehead atoms. The molecule has 2 aromatic carbocycles. The normalized spacial score (nSPS) is 13.9. The number of esters is 1. The standard InChI is InChI=1S/C20H19N3O5S/c1-13(19(24)22-17-5-3-4-14(10-17)12-21)28-20(25)16-6-7-18-15(11-16)8-9-23(18)29(2,26)27/h3-7,10-11,13H,8-9H2,1-2H3,(H,22,24)/t13-/m0/s1. The summed E-state index contributed by atoms with van der Waals surface area (Å²) in [4.78, 5) is 24.7. The molecule has 1 atom stereocenters. The maximum absolute atomic E-state index is 12.4. The van der Waals surface area contributed by atoms with Gasteiger partial charge >= 0.3 is 5.97 Å². The molecule has 9 heteroatoms. The fourth-order valence-corrected chi connectivity index (χ4v) is 3.99. The highest BCUT2D eigenvalue weighted by molar-refractivity contribution is 7.92. The number of hydrogen-bond donors (Lipinski definition) is 1. The Morgan fingerprint density at radius 2 is 2.00 bits per heavy atom. The highest BCUT2D eigenvalue weighted by atomic mass is 32.2. The average Bonchev–Trinajstić information content (AvgIpc) is 3.11. The fourth-order valence-electron chi connectivity index (χ4n) is 3.04. The monoisotopic (exact) mass is 413 g/mol. The van der Waals surface area contributed by atoms with Crippen LogP contribution in [-0.4, -0.2) is 39.2 Å². The van der Waals surface area contributed by atoms with Gasteiger partial charge < -0.3 is 10.1 Å². The first-order valence-electron chi connectivity index (χ1n) is 8.81. The highest BCUT2D eigenvalue weighted by Gasteiger charge is 2.27. The van der Waals surface area contributed by atoms with Crippen LogP contribution >= 0.6 is 0 Å². The number of nitriles is 1. The number of anilines is 2. The minimum absolute atomic E-state index is 0.241. The molecule has 0 radical (unpaired) electrons. The molecule has 1 amide bonds. The largest absolute Gasteiger partial charge is 0.449 e. The van der Waals surface area contributed by atoms with E-state index >= 15 is 0 Å². The molecule has 1 aliphatic rings. The number of hydrogen-bond acceptors (Lipinski definition) is 6. The number of fused-ring (bicyclic) bond motifs is 1. The number of carbonyl (C=O) groups excluding carboxylic acids is 2. The van der Waals surface area contributed by atoms with Crippen molar-refractivity contribution in [3.63, 3.8) is 0 Å². The van der Waals surface area contributed by atoms with Gasteiger partial charge in [0, 0.05) is 12.2 Å². The van der Waals surface area contributed by atoms with Gasteiger partial charge in [0.15, 0.2) is 6.10 Å². The van der Waals surface area contributed by atoms with Gasteiger partial charge in [-0.15, -0.1) is 0 Å². The van der Waals surface area contributed by atoms with Crippen LogP contribution in [0.2, 0.25) is 0 Å². The lowest BCUT2D eigenvalue weighted by Crippen LogP contribution is -2.30. The van der Waals surface area contributed by atoms with Gasteiger partial charge in [-0.25, -0.2) is 13.2 Å². The van der Waals surface area contributed by atoms with Crippen molar-refractivity contribution in [1.82, 2.24) is 0 Å². The van der Waals surface area contributed by atoms with Gasteiger partial charge in [0.2, 0.25) is 10.0 Å². The minimum Gasteiger partial charge on any atom is -0.449 e. The Bertz CT molecular complexity index is 1120. The quantitative estimate of drug-likeness (QED) is 0.750. The summed E-state index contributed by atoms with van der Waals surface area (Å²) in [5.41, 5.74) is 2.34. The molecule has 2 aromatic rings. The smallest absolute Gasteiger partial charge is 0.338 e. The van der Waals surface area contributed by atoms with Crippen molar-refractivity contribution in [1.29, 1.82) is 5.26 Å². The van der Waals surface area contributed by atoms with E-state index in [1.54, 1.807) is 30.3 Å². The van der Waals surface area contributed by atoms with Crippen molar-refractivity contribution in [3.8, 4) is 6.07 Å². The second-order valence-electron chi connectivity index (χ2n) is 6.66. The lowest BCUT2D eigenvalue weighted by Gasteiger charge is -2.17. The van der Waals surface area contributed by atoms with Crippen LogP contribution in [0, 0.1) is 11.3 Å². The molecule has 0 fully saturated rings. The van der Waals surface area contributed by atoms with Crippen LogP contribution < -0.4 is 9.62 Å². The topological polar surface area (TPSA) is 117 Å². The molecule has 0 spiro atoms. The maximum Gasteiger partial charge on any atom is 0.338 e. The molecule has 0 unspecified atom stereocenters. The number of rotatable bonds is 5. The third-order valence-corrected chi connectivity index (χ3v) is 5.66. The molecule has 29 heavy (non-hydrogen) atoms. The Morgan fingerprint density at radius 3 is 2.69 bits per heavy atom. The van der Waals surface area contributed by atoms with Crippen molar-refractivity contribution in [2.45, 2.75) is 19.4 Å². The Morgan fingerprint density at radius 1 is 1.24 bits per heavy atom. The molecule has 0 saturated heterocycles. The lowest BCUT2D eigenvalue weighted by molar-refractivity contribution is -0.123. The van der Waals surface area contributed by atoms with E-state index in [9.17, 15) is 18.0 Å². The molecule has 0 aliphatic carbocycles. The average molecular weight is 413 g/mol. The Balaban J connectivity index is 1.67. The van der Waals surface area contributed by atoms with Gasteiger partial charge in [-0.05, 0) is 55.3 Å². The first kappa shape index (κ1) is 20.4. The van der Waals surface area contributed by atoms with Crippen molar-refractivity contribution in [3.05, 3.63) is 59.2 Å². The van der Waals surface area contributed by atoms with Gasteiger partial charge in [-0.3, -0.25) is 9.10 Å². The zero-order chi connectivity index (χ0) is 21.2. The molecular weight excluding hydrogens is 394 g/mol. The van der Waals surface area contributed by atoms with Gasteiger partial charge in [0.05, 0.1) is 29.1 Å². The van der Waals surface area contributed by atoms with Gasteiger partial charge in [-0.2, -0.15) is 5.26 Å². The Hall–Kier alpha value is -3.38. The van der Waals surface area contributed by atoms with E-state index in [2.05, 4.69) is 5.32 Å². The molecule has 3 rings (SSSR count). The van der Waals surface area contributed by atoms with Gasteiger partial charge in [-0.1, -0.05) is 6.07 Å². The molecule has 150 valence electrons.